The average molecular weight is 707 g/mol. The Morgan fingerprint density at radius 3 is 0.720 bits per heavy atom. The molecule has 0 spiro atoms. The molecule has 298 valence electrons. The number of rotatable bonds is 43. The summed E-state index contributed by atoms with van der Waals surface area (Å²) in [5.41, 5.74) is -0.562. The van der Waals surface area contributed by atoms with Crippen molar-refractivity contribution in [1.29, 1.82) is 0 Å². The lowest BCUT2D eigenvalue weighted by molar-refractivity contribution is -0.151. The van der Waals surface area contributed by atoms with Crippen LogP contribution in [-0.2, 0) is 9.59 Å². The fourth-order valence-electron chi connectivity index (χ4n) is 7.99. The van der Waals surface area contributed by atoms with Crippen molar-refractivity contribution in [3.8, 4) is 0 Å². The molecule has 0 bridgehead atoms. The van der Waals surface area contributed by atoms with Gasteiger partial charge in [0.15, 0.2) is 0 Å². The fraction of sp³-hybridized carbons (Fsp3) is 0.957. The minimum absolute atomic E-state index is 0.248. The van der Waals surface area contributed by atoms with Gasteiger partial charge in [0.1, 0.15) is 0 Å². The lowest BCUT2D eigenvalue weighted by Gasteiger charge is -2.30. The van der Waals surface area contributed by atoms with Crippen molar-refractivity contribution in [3.05, 3.63) is 0 Å². The number of carbonyl (C=O) groups is 2. The molecule has 0 rings (SSSR count). The van der Waals surface area contributed by atoms with Gasteiger partial charge in [-0.05, 0) is 25.7 Å². The van der Waals surface area contributed by atoms with Crippen molar-refractivity contribution >= 4 is 11.9 Å². The molecule has 50 heavy (non-hydrogen) atoms. The van der Waals surface area contributed by atoms with Crippen LogP contribution in [0, 0.1) is 5.41 Å². The SMILES string of the molecule is CCCCCCCCCCCCCCCCCCC(CCCCCCCCCCCCCCCCCC)(CCCCCCCC(=O)O)C(=O)O. The highest BCUT2D eigenvalue weighted by molar-refractivity contribution is 5.74. The molecule has 0 radical (unpaired) electrons. The summed E-state index contributed by atoms with van der Waals surface area (Å²) in [5, 5.41) is 19.4. The van der Waals surface area contributed by atoms with E-state index < -0.39 is 17.4 Å². The zero-order valence-corrected chi connectivity index (χ0v) is 34.2. The standard InChI is InChI=1S/C46H90O4/c1-3-5-7-9-11-13-15-17-19-21-23-25-27-29-33-37-41-46(45(49)50,43-39-35-31-32-36-40-44(47)48)42-38-34-30-28-26-24-22-20-18-16-14-12-10-8-6-4-2/h3-43H2,1-2H3,(H,47,48)(H,49,50). The molecule has 4 heteroatoms. The number of hydrogen-bond acceptors (Lipinski definition) is 2. The van der Waals surface area contributed by atoms with Crippen molar-refractivity contribution < 1.29 is 19.8 Å². The van der Waals surface area contributed by atoms with Crippen LogP contribution in [0.1, 0.15) is 277 Å². The highest BCUT2D eigenvalue weighted by atomic mass is 16.4. The van der Waals surface area contributed by atoms with E-state index >= 15 is 0 Å². The molecule has 0 aromatic carbocycles. The summed E-state index contributed by atoms with van der Waals surface area (Å²) in [6, 6.07) is 0. The highest BCUT2D eigenvalue weighted by Crippen LogP contribution is 2.38. The molecule has 0 saturated carbocycles. The first-order valence-electron chi connectivity index (χ1n) is 22.9. The number of carboxylic acid groups (broad SMARTS) is 2. The lowest BCUT2D eigenvalue weighted by atomic mass is 9.74. The van der Waals surface area contributed by atoms with Gasteiger partial charge >= 0.3 is 11.9 Å². The van der Waals surface area contributed by atoms with E-state index in [4.69, 9.17) is 5.11 Å². The molecule has 0 aromatic heterocycles. The minimum atomic E-state index is -0.715. The Labute approximate surface area is 313 Å². The molecule has 0 aliphatic rings. The van der Waals surface area contributed by atoms with E-state index in [0.717, 1.165) is 64.2 Å². The molecule has 0 saturated heterocycles. The Morgan fingerprint density at radius 2 is 0.520 bits per heavy atom. The van der Waals surface area contributed by atoms with Crippen molar-refractivity contribution in [2.24, 2.45) is 5.41 Å². The molecular formula is C46H90O4. The zero-order chi connectivity index (χ0) is 36.6. The monoisotopic (exact) mass is 707 g/mol. The van der Waals surface area contributed by atoms with E-state index in [2.05, 4.69) is 13.8 Å². The zero-order valence-electron chi connectivity index (χ0n) is 34.2. The second kappa shape index (κ2) is 39.2. The first-order chi connectivity index (χ1) is 24.5. The van der Waals surface area contributed by atoms with Gasteiger partial charge in [-0.3, -0.25) is 9.59 Å². The molecule has 0 aliphatic carbocycles. The third-order valence-corrected chi connectivity index (χ3v) is 11.5. The van der Waals surface area contributed by atoms with Gasteiger partial charge in [0.25, 0.3) is 0 Å². The topological polar surface area (TPSA) is 74.6 Å². The minimum Gasteiger partial charge on any atom is -0.481 e. The van der Waals surface area contributed by atoms with Crippen LogP contribution in [0.3, 0.4) is 0 Å². The molecule has 0 aliphatic heterocycles. The van der Waals surface area contributed by atoms with E-state index in [9.17, 15) is 14.7 Å². The summed E-state index contributed by atoms with van der Waals surface area (Å²) in [4.78, 5) is 23.6. The molecule has 0 unspecified atom stereocenters. The number of hydrogen-bond donors (Lipinski definition) is 2. The summed E-state index contributed by atoms with van der Waals surface area (Å²) >= 11 is 0. The van der Waals surface area contributed by atoms with Gasteiger partial charge in [-0.15, -0.1) is 0 Å². The fourth-order valence-corrected chi connectivity index (χ4v) is 7.99. The first-order valence-corrected chi connectivity index (χ1v) is 22.9. The first kappa shape index (κ1) is 48.9. The van der Waals surface area contributed by atoms with Gasteiger partial charge in [0.2, 0.25) is 0 Å². The van der Waals surface area contributed by atoms with Gasteiger partial charge < -0.3 is 10.2 Å². The van der Waals surface area contributed by atoms with Crippen LogP contribution >= 0.6 is 0 Å². The third-order valence-electron chi connectivity index (χ3n) is 11.5. The lowest BCUT2D eigenvalue weighted by Crippen LogP contribution is -2.31. The number of carboxylic acids is 2. The van der Waals surface area contributed by atoms with E-state index in [1.807, 2.05) is 0 Å². The predicted molar refractivity (Wildman–Crippen MR) is 218 cm³/mol. The maximum absolute atomic E-state index is 12.8. The van der Waals surface area contributed by atoms with Crippen molar-refractivity contribution in [3.63, 3.8) is 0 Å². The summed E-state index contributed by atoms with van der Waals surface area (Å²) < 4.78 is 0. The predicted octanol–water partition coefficient (Wildman–Crippen LogP) is 16.2. The van der Waals surface area contributed by atoms with E-state index in [0.29, 0.717) is 0 Å². The quantitative estimate of drug-likeness (QED) is 0.0619. The van der Waals surface area contributed by atoms with Crippen LogP contribution in [0.15, 0.2) is 0 Å². The van der Waals surface area contributed by atoms with Crippen LogP contribution in [-0.4, -0.2) is 22.2 Å². The summed E-state index contributed by atoms with van der Waals surface area (Å²) in [6.07, 6.45) is 50.4. The maximum atomic E-state index is 12.8. The maximum Gasteiger partial charge on any atom is 0.309 e. The highest BCUT2D eigenvalue weighted by Gasteiger charge is 2.36. The van der Waals surface area contributed by atoms with Gasteiger partial charge in [-0.1, -0.05) is 245 Å². The average Bonchev–Trinajstić information content (AvgIpc) is 3.10. The van der Waals surface area contributed by atoms with Crippen LogP contribution in [0.25, 0.3) is 0 Å². The Balaban J connectivity index is 4.23. The molecule has 0 aromatic rings. The Bertz CT molecular complexity index is 668. The Morgan fingerprint density at radius 1 is 0.320 bits per heavy atom. The number of aliphatic carboxylic acids is 2. The molecule has 2 N–H and O–H groups in total. The van der Waals surface area contributed by atoms with Crippen LogP contribution in [0.4, 0.5) is 0 Å². The molecule has 0 amide bonds. The van der Waals surface area contributed by atoms with Gasteiger partial charge in [0, 0.05) is 6.42 Å². The van der Waals surface area contributed by atoms with E-state index in [1.54, 1.807) is 0 Å². The molecule has 0 atom stereocenters. The Kier molecular flexibility index (Phi) is 38.3. The van der Waals surface area contributed by atoms with Crippen LogP contribution in [0.5, 0.6) is 0 Å². The molecule has 0 fully saturated rings. The van der Waals surface area contributed by atoms with E-state index in [1.165, 1.54) is 193 Å². The normalized spacial score (nSPS) is 11.8. The van der Waals surface area contributed by atoms with Gasteiger partial charge in [0.05, 0.1) is 5.41 Å². The molecular weight excluding hydrogens is 617 g/mol. The van der Waals surface area contributed by atoms with Crippen LogP contribution < -0.4 is 0 Å². The van der Waals surface area contributed by atoms with Crippen LogP contribution in [0.2, 0.25) is 0 Å². The van der Waals surface area contributed by atoms with Crippen molar-refractivity contribution in [1.82, 2.24) is 0 Å². The molecule has 4 nitrogen and oxygen atoms in total. The van der Waals surface area contributed by atoms with Gasteiger partial charge in [-0.25, -0.2) is 0 Å². The second-order valence-electron chi connectivity index (χ2n) is 16.4. The summed E-state index contributed by atoms with van der Waals surface area (Å²) in [5.74, 6) is -1.28. The summed E-state index contributed by atoms with van der Waals surface area (Å²) in [7, 11) is 0. The van der Waals surface area contributed by atoms with Crippen molar-refractivity contribution in [2.45, 2.75) is 277 Å². The van der Waals surface area contributed by atoms with E-state index in [-0.39, 0.29) is 6.42 Å². The molecule has 0 heterocycles. The Hall–Kier alpha value is -1.06. The van der Waals surface area contributed by atoms with Gasteiger partial charge in [-0.2, -0.15) is 0 Å². The third kappa shape index (κ3) is 34.0. The number of unbranched alkanes of at least 4 members (excludes halogenated alkanes) is 34. The van der Waals surface area contributed by atoms with Crippen molar-refractivity contribution in [2.75, 3.05) is 0 Å². The summed E-state index contributed by atoms with van der Waals surface area (Å²) in [6.45, 7) is 4.57. The smallest absolute Gasteiger partial charge is 0.309 e. The largest absolute Gasteiger partial charge is 0.481 e. The second-order valence-corrected chi connectivity index (χ2v) is 16.4.